The highest BCUT2D eigenvalue weighted by Crippen LogP contribution is 2.41. The van der Waals surface area contributed by atoms with Crippen molar-refractivity contribution in [2.45, 2.75) is 50.0 Å². The van der Waals surface area contributed by atoms with E-state index in [1.54, 1.807) is 18.2 Å². The molecule has 0 unspecified atom stereocenters. The molecule has 1 atom stereocenters. The molecule has 8 heteroatoms. The number of ether oxygens (including phenoxy) is 2. The lowest BCUT2D eigenvalue weighted by Gasteiger charge is -2.31. The van der Waals surface area contributed by atoms with E-state index in [0.29, 0.717) is 56.6 Å². The van der Waals surface area contributed by atoms with Gasteiger partial charge in [-0.3, -0.25) is 4.79 Å². The zero-order valence-corrected chi connectivity index (χ0v) is 20.4. The molecule has 0 radical (unpaired) electrons. The highest BCUT2D eigenvalue weighted by atomic mass is 32.2. The lowest BCUT2D eigenvalue weighted by atomic mass is 9.95. The molecule has 7 nitrogen and oxygen atoms in total. The Labute approximate surface area is 201 Å². The number of nitrogens with zero attached hydrogens (tertiary/aromatic N) is 1. The minimum absolute atomic E-state index is 0.0325. The Morgan fingerprint density at radius 1 is 0.971 bits per heavy atom. The van der Waals surface area contributed by atoms with Crippen molar-refractivity contribution in [3.05, 3.63) is 53.6 Å². The van der Waals surface area contributed by atoms with Gasteiger partial charge in [-0.05, 0) is 56.2 Å². The summed E-state index contributed by atoms with van der Waals surface area (Å²) in [6.45, 7) is 3.77. The standard InChI is InChI=1S/C26H32N2O5S/c1-18-3-5-19(6-4-18)25(20-7-8-20)27-26(29)21-11-13-28(14-12-21)34(30,31)22-9-10-23-24(17-22)33-16-2-15-32-23/h3-6,9-10,17,20-21,25H,2,7-8,11-16H2,1H3,(H,27,29)/t25-/m0/s1. The van der Waals surface area contributed by atoms with Crippen LogP contribution < -0.4 is 14.8 Å². The second-order valence-corrected chi connectivity index (χ2v) is 11.5. The summed E-state index contributed by atoms with van der Waals surface area (Å²) in [5.41, 5.74) is 2.35. The number of fused-ring (bicyclic) bond motifs is 1. The SMILES string of the molecule is Cc1ccc([C@H](NC(=O)C2CCN(S(=O)(=O)c3ccc4c(c3)OCCCO4)CC2)C2CC2)cc1. The van der Waals surface area contributed by atoms with Crippen molar-refractivity contribution in [3.63, 3.8) is 0 Å². The fourth-order valence-electron chi connectivity index (χ4n) is 4.76. The number of hydrogen-bond acceptors (Lipinski definition) is 5. The molecule has 2 fully saturated rings. The molecule has 5 rings (SSSR count). The van der Waals surface area contributed by atoms with Crippen LogP contribution in [-0.4, -0.2) is 44.9 Å². The predicted octanol–water partition coefficient (Wildman–Crippen LogP) is 3.82. The van der Waals surface area contributed by atoms with Gasteiger partial charge in [-0.2, -0.15) is 4.31 Å². The largest absolute Gasteiger partial charge is 0.490 e. The maximum absolute atomic E-state index is 13.3. The Morgan fingerprint density at radius 3 is 2.32 bits per heavy atom. The van der Waals surface area contributed by atoms with Gasteiger partial charge in [-0.1, -0.05) is 29.8 Å². The summed E-state index contributed by atoms with van der Waals surface area (Å²) >= 11 is 0. The van der Waals surface area contributed by atoms with Crippen LogP contribution in [0.1, 0.15) is 49.3 Å². The molecule has 1 amide bonds. The molecule has 2 heterocycles. The summed E-state index contributed by atoms with van der Waals surface area (Å²) in [5.74, 6) is 1.39. The minimum Gasteiger partial charge on any atom is -0.490 e. The van der Waals surface area contributed by atoms with Crippen molar-refractivity contribution in [3.8, 4) is 11.5 Å². The highest BCUT2D eigenvalue weighted by Gasteiger charge is 2.37. The van der Waals surface area contributed by atoms with E-state index < -0.39 is 10.0 Å². The minimum atomic E-state index is -3.66. The fraction of sp³-hybridized carbons (Fsp3) is 0.500. The van der Waals surface area contributed by atoms with Gasteiger partial charge in [-0.15, -0.1) is 0 Å². The molecule has 0 bridgehead atoms. The van der Waals surface area contributed by atoms with Gasteiger partial charge < -0.3 is 14.8 Å². The van der Waals surface area contributed by atoms with Crippen LogP contribution in [0.4, 0.5) is 0 Å². The summed E-state index contributed by atoms with van der Waals surface area (Å²) < 4.78 is 39.3. The van der Waals surface area contributed by atoms with Crippen LogP contribution in [0.25, 0.3) is 0 Å². The predicted molar refractivity (Wildman–Crippen MR) is 128 cm³/mol. The number of carbonyl (C=O) groups excluding carboxylic acids is 1. The molecule has 1 N–H and O–H groups in total. The van der Waals surface area contributed by atoms with E-state index >= 15 is 0 Å². The van der Waals surface area contributed by atoms with E-state index in [2.05, 4.69) is 36.5 Å². The van der Waals surface area contributed by atoms with Crippen molar-refractivity contribution in [2.24, 2.45) is 11.8 Å². The Bertz CT molecular complexity index is 1140. The van der Waals surface area contributed by atoms with Crippen molar-refractivity contribution in [1.29, 1.82) is 0 Å². The molecular formula is C26H32N2O5S. The number of hydrogen-bond donors (Lipinski definition) is 1. The van der Waals surface area contributed by atoms with Crippen LogP contribution in [0.2, 0.25) is 0 Å². The lowest BCUT2D eigenvalue weighted by Crippen LogP contribution is -2.44. The Balaban J connectivity index is 1.22. The number of sulfonamides is 1. The second kappa shape index (κ2) is 9.58. The summed E-state index contributed by atoms with van der Waals surface area (Å²) in [6.07, 6.45) is 4.05. The first-order valence-corrected chi connectivity index (χ1v) is 13.6. The number of benzene rings is 2. The number of nitrogens with one attached hydrogen (secondary N) is 1. The third-order valence-corrected chi connectivity index (χ3v) is 8.90. The molecule has 2 aliphatic heterocycles. The van der Waals surface area contributed by atoms with E-state index in [1.807, 2.05) is 0 Å². The van der Waals surface area contributed by atoms with Crippen LogP contribution in [0.3, 0.4) is 0 Å². The van der Waals surface area contributed by atoms with Crippen molar-refractivity contribution < 1.29 is 22.7 Å². The van der Waals surface area contributed by atoms with Crippen molar-refractivity contribution in [1.82, 2.24) is 9.62 Å². The molecule has 0 aromatic heterocycles. The van der Waals surface area contributed by atoms with Crippen molar-refractivity contribution in [2.75, 3.05) is 26.3 Å². The number of rotatable bonds is 6. The van der Waals surface area contributed by atoms with Crippen molar-refractivity contribution >= 4 is 15.9 Å². The Morgan fingerprint density at radius 2 is 1.65 bits per heavy atom. The number of piperidine rings is 1. The molecule has 2 aromatic rings. The molecule has 3 aliphatic rings. The summed E-state index contributed by atoms with van der Waals surface area (Å²) in [7, 11) is -3.66. The van der Waals surface area contributed by atoms with Gasteiger partial charge in [0.15, 0.2) is 11.5 Å². The number of aryl methyl sites for hydroxylation is 1. The van der Waals surface area contributed by atoms with Crippen LogP contribution in [-0.2, 0) is 14.8 Å². The third kappa shape index (κ3) is 4.93. The molecule has 2 aromatic carbocycles. The smallest absolute Gasteiger partial charge is 0.243 e. The van der Waals surface area contributed by atoms with Crippen LogP contribution in [0, 0.1) is 18.8 Å². The average Bonchev–Trinajstić information content (AvgIpc) is 3.70. The van der Waals surface area contributed by atoms with Gasteiger partial charge in [0.05, 0.1) is 24.2 Å². The third-order valence-electron chi connectivity index (χ3n) is 7.01. The lowest BCUT2D eigenvalue weighted by molar-refractivity contribution is -0.127. The Hall–Kier alpha value is -2.58. The summed E-state index contributed by atoms with van der Waals surface area (Å²) in [6, 6.07) is 13.2. The fourth-order valence-corrected chi connectivity index (χ4v) is 6.24. The first-order chi connectivity index (χ1) is 16.4. The van der Waals surface area contributed by atoms with E-state index in [1.165, 1.54) is 9.87 Å². The maximum Gasteiger partial charge on any atom is 0.243 e. The average molecular weight is 485 g/mol. The van der Waals surface area contributed by atoms with Gasteiger partial charge >= 0.3 is 0 Å². The van der Waals surface area contributed by atoms with Gasteiger partial charge in [0, 0.05) is 31.5 Å². The van der Waals surface area contributed by atoms with E-state index in [4.69, 9.17) is 9.47 Å². The van der Waals surface area contributed by atoms with Gasteiger partial charge in [0.2, 0.25) is 15.9 Å². The van der Waals surface area contributed by atoms with E-state index in [9.17, 15) is 13.2 Å². The van der Waals surface area contributed by atoms with E-state index in [0.717, 1.165) is 24.8 Å². The second-order valence-electron chi connectivity index (χ2n) is 9.57. The number of carbonyl (C=O) groups is 1. The van der Waals surface area contributed by atoms with Crippen LogP contribution in [0.5, 0.6) is 11.5 Å². The summed E-state index contributed by atoms with van der Waals surface area (Å²) in [4.78, 5) is 13.3. The van der Waals surface area contributed by atoms with Gasteiger partial charge in [0.1, 0.15) is 0 Å². The number of amides is 1. The zero-order valence-electron chi connectivity index (χ0n) is 19.5. The van der Waals surface area contributed by atoms with Gasteiger partial charge in [0.25, 0.3) is 0 Å². The molecular weight excluding hydrogens is 452 g/mol. The van der Waals surface area contributed by atoms with Gasteiger partial charge in [-0.25, -0.2) is 8.42 Å². The van der Waals surface area contributed by atoms with Crippen LogP contribution in [0.15, 0.2) is 47.4 Å². The highest BCUT2D eigenvalue weighted by molar-refractivity contribution is 7.89. The first-order valence-electron chi connectivity index (χ1n) is 12.2. The quantitative estimate of drug-likeness (QED) is 0.674. The molecule has 0 spiro atoms. The normalized spacial score (nSPS) is 20.4. The zero-order chi connectivity index (χ0) is 23.7. The first kappa shape index (κ1) is 23.2. The molecule has 1 aliphatic carbocycles. The molecule has 1 saturated heterocycles. The topological polar surface area (TPSA) is 84.9 Å². The monoisotopic (exact) mass is 484 g/mol. The van der Waals surface area contributed by atoms with Crippen LogP contribution >= 0.6 is 0 Å². The van der Waals surface area contributed by atoms with E-state index in [-0.39, 0.29) is 22.8 Å². The molecule has 1 saturated carbocycles. The molecule has 182 valence electrons. The molecule has 34 heavy (non-hydrogen) atoms. The Kier molecular flexibility index (Phi) is 6.53. The maximum atomic E-state index is 13.3. The summed E-state index contributed by atoms with van der Waals surface area (Å²) in [5, 5.41) is 3.27.